The highest BCUT2D eigenvalue weighted by atomic mass is 32.2. The SMILES string of the molecule is Cc1ccc(F)c(C(=O)N[C@@H](C(=O)N2CCC(C)(NC(=O)c3ccc(S(C)(=O)=O)cc3)CC2)C(C)C)c1.Cc1ccc(F)c(C(=O)N[C@@H](C(=O)O)C(C)C)c1. The van der Waals surface area contributed by atoms with Gasteiger partial charge in [-0.2, -0.15) is 0 Å². The molecule has 0 aliphatic carbocycles. The van der Waals surface area contributed by atoms with E-state index in [4.69, 9.17) is 5.11 Å². The summed E-state index contributed by atoms with van der Waals surface area (Å²) in [5, 5.41) is 17.0. The largest absolute Gasteiger partial charge is 0.480 e. The minimum Gasteiger partial charge on any atom is -0.480 e. The number of rotatable bonds is 11. The highest BCUT2D eigenvalue weighted by molar-refractivity contribution is 7.90. The van der Waals surface area contributed by atoms with Crippen molar-refractivity contribution >= 4 is 39.4 Å². The van der Waals surface area contributed by atoms with Crippen molar-refractivity contribution in [2.45, 2.75) is 83.8 Å². The quantitative estimate of drug-likeness (QED) is 0.208. The molecule has 12 nitrogen and oxygen atoms in total. The van der Waals surface area contributed by atoms with Gasteiger partial charge in [-0.05, 0) is 94.0 Å². The third-order valence-corrected chi connectivity index (χ3v) is 10.4. The van der Waals surface area contributed by atoms with E-state index in [9.17, 15) is 41.2 Å². The van der Waals surface area contributed by atoms with Gasteiger partial charge in [0.2, 0.25) is 5.91 Å². The van der Waals surface area contributed by atoms with Gasteiger partial charge in [-0.1, -0.05) is 51.0 Å². The Morgan fingerprint density at radius 2 is 1.16 bits per heavy atom. The van der Waals surface area contributed by atoms with Gasteiger partial charge >= 0.3 is 5.97 Å². The number of carbonyl (C=O) groups is 5. The number of carbonyl (C=O) groups excluding carboxylic acids is 4. The number of amides is 4. The number of aryl methyl sites for hydroxylation is 2. The van der Waals surface area contributed by atoms with Crippen molar-refractivity contribution in [3.8, 4) is 0 Å². The maximum Gasteiger partial charge on any atom is 0.326 e. The van der Waals surface area contributed by atoms with E-state index < -0.39 is 56.9 Å². The van der Waals surface area contributed by atoms with Crippen LogP contribution in [0.4, 0.5) is 8.78 Å². The zero-order valence-corrected chi connectivity index (χ0v) is 33.1. The Bertz CT molecular complexity index is 2010. The molecule has 4 amide bonds. The Hall–Kier alpha value is -5.18. The molecular formula is C40H50F2N4O8S. The van der Waals surface area contributed by atoms with E-state index in [-0.39, 0.29) is 39.7 Å². The first kappa shape index (κ1) is 44.2. The Balaban J connectivity index is 0.000000378. The number of piperidine rings is 1. The van der Waals surface area contributed by atoms with Crippen LogP contribution in [-0.2, 0) is 19.4 Å². The molecule has 3 aromatic rings. The maximum atomic E-state index is 14.2. The second kappa shape index (κ2) is 18.4. The van der Waals surface area contributed by atoms with Gasteiger partial charge in [0, 0.05) is 30.4 Å². The van der Waals surface area contributed by atoms with E-state index in [2.05, 4.69) is 16.0 Å². The monoisotopic (exact) mass is 784 g/mol. The highest BCUT2D eigenvalue weighted by Crippen LogP contribution is 2.24. The van der Waals surface area contributed by atoms with Crippen molar-refractivity contribution in [2.24, 2.45) is 11.8 Å². The molecule has 0 unspecified atom stereocenters. The molecule has 0 bridgehead atoms. The molecule has 55 heavy (non-hydrogen) atoms. The number of hydrogen-bond acceptors (Lipinski definition) is 7. The van der Waals surface area contributed by atoms with Gasteiger partial charge in [0.15, 0.2) is 9.84 Å². The number of sulfone groups is 1. The normalized spacial score (nSPS) is 14.9. The van der Waals surface area contributed by atoms with Crippen molar-refractivity contribution in [2.75, 3.05) is 19.3 Å². The van der Waals surface area contributed by atoms with Crippen molar-refractivity contribution in [3.05, 3.63) is 100 Å². The molecule has 4 N–H and O–H groups in total. The number of nitrogens with zero attached hydrogens (tertiary/aromatic N) is 1. The number of likely N-dealkylation sites (tertiary alicyclic amines) is 1. The summed E-state index contributed by atoms with van der Waals surface area (Å²) in [6.45, 7) is 13.1. The standard InChI is InChI=1S/C27H34FN3O5S.C13H16FNO3/c1-17(2)23(29-25(33)21-16-18(3)6-11-22(21)28)26(34)31-14-12-27(4,13-15-31)30-24(32)19-7-9-20(10-8-19)37(5,35)36;1-7(2)11(13(17)18)15-12(16)9-6-8(3)4-5-10(9)14/h6-11,16-17,23H,12-15H2,1-5H3,(H,29,33)(H,30,32);4-7,11H,1-3H3,(H,15,16)(H,17,18)/t23-;11-/m11/s1. The molecule has 0 spiro atoms. The van der Waals surface area contributed by atoms with Gasteiger partial charge in [-0.3, -0.25) is 19.2 Å². The van der Waals surface area contributed by atoms with Crippen molar-refractivity contribution in [1.82, 2.24) is 20.9 Å². The molecular weight excluding hydrogens is 735 g/mol. The lowest BCUT2D eigenvalue weighted by Gasteiger charge is -2.41. The summed E-state index contributed by atoms with van der Waals surface area (Å²) in [5.41, 5.74) is 1.02. The molecule has 0 saturated carbocycles. The third-order valence-electron chi connectivity index (χ3n) is 9.31. The fourth-order valence-electron chi connectivity index (χ4n) is 5.83. The summed E-state index contributed by atoms with van der Waals surface area (Å²) in [7, 11) is -3.35. The first-order valence-corrected chi connectivity index (χ1v) is 19.7. The van der Waals surface area contributed by atoms with Crippen molar-refractivity contribution in [1.29, 1.82) is 0 Å². The van der Waals surface area contributed by atoms with Crippen molar-refractivity contribution in [3.63, 3.8) is 0 Å². The summed E-state index contributed by atoms with van der Waals surface area (Å²) in [6, 6.07) is 12.3. The Kier molecular flexibility index (Phi) is 14.8. The van der Waals surface area contributed by atoms with Gasteiger partial charge in [-0.15, -0.1) is 0 Å². The molecule has 298 valence electrons. The van der Waals surface area contributed by atoms with E-state index in [1.807, 2.05) is 20.8 Å². The van der Waals surface area contributed by atoms with E-state index in [1.165, 1.54) is 48.5 Å². The topological polar surface area (TPSA) is 179 Å². The fraction of sp³-hybridized carbons (Fsp3) is 0.425. The predicted octanol–water partition coefficient (Wildman–Crippen LogP) is 5.08. The lowest BCUT2D eigenvalue weighted by atomic mass is 9.88. The number of benzene rings is 3. The van der Waals surface area contributed by atoms with Gasteiger partial charge in [0.25, 0.3) is 17.7 Å². The van der Waals surface area contributed by atoms with Crippen LogP contribution >= 0.6 is 0 Å². The predicted molar refractivity (Wildman–Crippen MR) is 203 cm³/mol. The molecule has 1 heterocycles. The first-order valence-electron chi connectivity index (χ1n) is 17.8. The molecule has 1 fully saturated rings. The summed E-state index contributed by atoms with van der Waals surface area (Å²) in [5.74, 6) is -4.85. The molecule has 1 saturated heterocycles. The molecule has 0 radical (unpaired) electrons. The smallest absolute Gasteiger partial charge is 0.326 e. The second-order valence-electron chi connectivity index (χ2n) is 14.8. The summed E-state index contributed by atoms with van der Waals surface area (Å²) >= 11 is 0. The van der Waals surface area contributed by atoms with Crippen LogP contribution < -0.4 is 16.0 Å². The Morgan fingerprint density at radius 3 is 1.56 bits per heavy atom. The van der Waals surface area contributed by atoms with Crippen molar-refractivity contribution < 1.29 is 46.3 Å². The van der Waals surface area contributed by atoms with Gasteiger partial charge in [-0.25, -0.2) is 22.0 Å². The summed E-state index contributed by atoms with van der Waals surface area (Å²) < 4.78 is 50.9. The van der Waals surface area contributed by atoms with E-state index in [0.717, 1.165) is 17.4 Å². The van der Waals surface area contributed by atoms with E-state index >= 15 is 0 Å². The van der Waals surface area contributed by atoms with Gasteiger partial charge in [0.05, 0.1) is 16.0 Å². The average Bonchev–Trinajstić information content (AvgIpc) is 3.10. The highest BCUT2D eigenvalue weighted by Gasteiger charge is 2.37. The zero-order chi connectivity index (χ0) is 41.4. The fourth-order valence-corrected chi connectivity index (χ4v) is 6.46. The van der Waals surface area contributed by atoms with E-state index in [1.54, 1.807) is 44.7 Å². The lowest BCUT2D eigenvalue weighted by molar-refractivity contribution is -0.140. The minimum atomic E-state index is -3.35. The maximum absolute atomic E-state index is 14.2. The lowest BCUT2D eigenvalue weighted by Crippen LogP contribution is -2.58. The minimum absolute atomic E-state index is 0.100. The number of halogens is 2. The van der Waals surface area contributed by atoms with Crippen LogP contribution in [0.1, 0.15) is 89.7 Å². The molecule has 15 heteroatoms. The average molecular weight is 785 g/mol. The number of carboxylic acids is 1. The molecule has 2 atom stereocenters. The zero-order valence-electron chi connectivity index (χ0n) is 32.3. The van der Waals surface area contributed by atoms with E-state index in [0.29, 0.717) is 31.5 Å². The number of nitrogens with one attached hydrogen (secondary N) is 3. The van der Waals surface area contributed by atoms with Gasteiger partial charge in [0.1, 0.15) is 23.7 Å². The van der Waals surface area contributed by atoms with Crippen LogP contribution in [0.15, 0.2) is 65.6 Å². The molecule has 0 aromatic heterocycles. The molecule has 1 aliphatic rings. The first-order chi connectivity index (χ1) is 25.5. The van der Waals surface area contributed by atoms with Crippen LogP contribution in [0, 0.1) is 37.3 Å². The second-order valence-corrected chi connectivity index (χ2v) is 16.8. The summed E-state index contributed by atoms with van der Waals surface area (Å²) in [6.07, 6.45) is 2.10. The number of carboxylic acid groups (broad SMARTS) is 1. The Labute approximate surface area is 321 Å². The Morgan fingerprint density at radius 1 is 0.727 bits per heavy atom. The molecule has 1 aliphatic heterocycles. The number of hydrogen-bond donors (Lipinski definition) is 4. The molecule has 3 aromatic carbocycles. The third kappa shape index (κ3) is 12.2. The van der Waals surface area contributed by atoms with Crippen LogP contribution in [0.2, 0.25) is 0 Å². The number of aliphatic carboxylic acids is 1. The van der Waals surface area contributed by atoms with Crippen LogP contribution in [0.3, 0.4) is 0 Å². The van der Waals surface area contributed by atoms with Crippen LogP contribution in [0.25, 0.3) is 0 Å². The van der Waals surface area contributed by atoms with Crippen LogP contribution in [0.5, 0.6) is 0 Å². The molecule has 4 rings (SSSR count). The van der Waals surface area contributed by atoms with Crippen LogP contribution in [-0.4, -0.2) is 85.0 Å². The summed E-state index contributed by atoms with van der Waals surface area (Å²) in [4.78, 5) is 63.4. The van der Waals surface area contributed by atoms with Gasteiger partial charge < -0.3 is 26.0 Å².